The Morgan fingerprint density at radius 2 is 2.18 bits per heavy atom. The average Bonchev–Trinajstić information content (AvgIpc) is 2.55. The van der Waals surface area contributed by atoms with Gasteiger partial charge in [0.1, 0.15) is 0 Å². The van der Waals surface area contributed by atoms with E-state index in [-0.39, 0.29) is 5.97 Å². The minimum atomic E-state index is -0.448. The van der Waals surface area contributed by atoms with Crippen LogP contribution >= 0.6 is 0 Å². The maximum absolute atomic E-state index is 11.9. The van der Waals surface area contributed by atoms with Gasteiger partial charge in [0.05, 0.1) is 18.3 Å². The first-order chi connectivity index (χ1) is 10.6. The van der Waals surface area contributed by atoms with Gasteiger partial charge in [-0.3, -0.25) is 4.90 Å². The number of methoxy groups -OCH3 is 1. The summed E-state index contributed by atoms with van der Waals surface area (Å²) in [5.74, 6) is 0.0991. The van der Waals surface area contributed by atoms with Crippen LogP contribution in [0.5, 0.6) is 0 Å². The van der Waals surface area contributed by atoms with Gasteiger partial charge >= 0.3 is 5.97 Å². The van der Waals surface area contributed by atoms with Crippen molar-refractivity contribution in [3.05, 3.63) is 35.4 Å². The molecule has 3 rings (SSSR count). The number of nitrogens with zero attached hydrogens (tertiary/aromatic N) is 1. The van der Waals surface area contributed by atoms with Crippen LogP contribution in [0.3, 0.4) is 0 Å². The van der Waals surface area contributed by atoms with Crippen LogP contribution in [0, 0.1) is 5.92 Å². The average molecular weight is 303 g/mol. The monoisotopic (exact) mass is 303 g/mol. The van der Waals surface area contributed by atoms with Crippen molar-refractivity contribution in [1.82, 2.24) is 4.90 Å². The van der Waals surface area contributed by atoms with E-state index in [0.29, 0.717) is 11.5 Å². The Morgan fingerprint density at radius 3 is 3.00 bits per heavy atom. The number of hydrogen-bond donors (Lipinski definition) is 1. The summed E-state index contributed by atoms with van der Waals surface area (Å²) in [5, 5.41) is 10.8. The van der Waals surface area contributed by atoms with Crippen molar-refractivity contribution in [3.8, 4) is 0 Å². The molecule has 22 heavy (non-hydrogen) atoms. The Kier molecular flexibility index (Phi) is 4.50. The highest BCUT2D eigenvalue weighted by Crippen LogP contribution is 2.40. The van der Waals surface area contributed by atoms with Crippen molar-refractivity contribution in [2.75, 3.05) is 20.2 Å². The van der Waals surface area contributed by atoms with E-state index in [1.165, 1.54) is 13.5 Å². The number of rotatable bonds is 3. The largest absolute Gasteiger partial charge is 0.465 e. The zero-order valence-electron chi connectivity index (χ0n) is 13.3. The molecule has 120 valence electrons. The maximum atomic E-state index is 11.9. The van der Waals surface area contributed by atoms with Crippen LogP contribution in [0.2, 0.25) is 0 Å². The summed E-state index contributed by atoms with van der Waals surface area (Å²) < 4.78 is 4.87. The zero-order chi connectivity index (χ0) is 15.6. The summed E-state index contributed by atoms with van der Waals surface area (Å²) in [7, 11) is 1.42. The number of esters is 1. The summed E-state index contributed by atoms with van der Waals surface area (Å²) in [6.07, 6.45) is 5.28. The third-order valence-electron chi connectivity index (χ3n) is 5.33. The number of carbonyl (C=O) groups is 1. The van der Waals surface area contributed by atoms with Gasteiger partial charge in [-0.25, -0.2) is 4.79 Å². The molecule has 1 saturated carbocycles. The molecule has 2 fully saturated rings. The fraction of sp³-hybridized carbons (Fsp3) is 0.611. The summed E-state index contributed by atoms with van der Waals surface area (Å²) in [5.41, 5.74) is 1.21. The fourth-order valence-corrected chi connectivity index (χ4v) is 3.99. The second kappa shape index (κ2) is 6.39. The van der Waals surface area contributed by atoms with Gasteiger partial charge in [0, 0.05) is 25.6 Å². The number of piperidine rings is 1. The van der Waals surface area contributed by atoms with E-state index in [0.717, 1.165) is 50.9 Å². The van der Waals surface area contributed by atoms with E-state index < -0.39 is 5.60 Å². The third-order valence-corrected chi connectivity index (χ3v) is 5.33. The molecule has 2 atom stereocenters. The van der Waals surface area contributed by atoms with Gasteiger partial charge in [0.2, 0.25) is 0 Å². The standard InChI is InChI=1S/C18H25NO3/c1-22-17(20)16-8-3-2-6-14(16)12-19-11-10-18(21)9-5-4-7-15(18)13-19/h2-3,6,8,15,21H,4-5,7,9-13H2,1H3. The van der Waals surface area contributed by atoms with Crippen molar-refractivity contribution in [1.29, 1.82) is 0 Å². The summed E-state index contributed by atoms with van der Waals surface area (Å²) in [6, 6.07) is 7.64. The van der Waals surface area contributed by atoms with Crippen LogP contribution in [-0.4, -0.2) is 41.8 Å². The second-order valence-corrected chi connectivity index (χ2v) is 6.68. The van der Waals surface area contributed by atoms with Crippen molar-refractivity contribution >= 4 is 5.97 Å². The molecule has 4 heteroatoms. The molecule has 2 aliphatic rings. The normalized spacial score (nSPS) is 28.9. The molecular formula is C18H25NO3. The minimum Gasteiger partial charge on any atom is -0.465 e. The SMILES string of the molecule is COC(=O)c1ccccc1CN1CCC2(O)CCCCC2C1. The minimum absolute atomic E-state index is 0.276. The lowest BCUT2D eigenvalue weighted by Crippen LogP contribution is -2.53. The highest BCUT2D eigenvalue weighted by atomic mass is 16.5. The molecule has 0 radical (unpaired) electrons. The Balaban J connectivity index is 1.71. The molecule has 1 heterocycles. The summed E-state index contributed by atoms with van der Waals surface area (Å²) >= 11 is 0. The molecule has 1 N–H and O–H groups in total. The van der Waals surface area contributed by atoms with Crippen molar-refractivity contribution < 1.29 is 14.6 Å². The van der Waals surface area contributed by atoms with E-state index in [2.05, 4.69) is 4.90 Å². The number of ether oxygens (including phenoxy) is 1. The van der Waals surface area contributed by atoms with Crippen LogP contribution < -0.4 is 0 Å². The van der Waals surface area contributed by atoms with Crippen molar-refractivity contribution in [2.24, 2.45) is 5.92 Å². The first-order valence-electron chi connectivity index (χ1n) is 8.23. The molecule has 1 saturated heterocycles. The summed E-state index contributed by atoms with van der Waals surface area (Å²) in [4.78, 5) is 14.2. The molecule has 2 unspecified atom stereocenters. The number of hydrogen-bond acceptors (Lipinski definition) is 4. The van der Waals surface area contributed by atoms with E-state index in [1.54, 1.807) is 0 Å². The molecule has 0 spiro atoms. The Bertz CT molecular complexity index is 545. The quantitative estimate of drug-likeness (QED) is 0.872. The first-order valence-corrected chi connectivity index (χ1v) is 8.23. The Hall–Kier alpha value is -1.39. The van der Waals surface area contributed by atoms with E-state index in [4.69, 9.17) is 4.74 Å². The molecule has 1 aromatic carbocycles. The van der Waals surface area contributed by atoms with Crippen LogP contribution in [0.25, 0.3) is 0 Å². The highest BCUT2D eigenvalue weighted by Gasteiger charge is 2.42. The van der Waals surface area contributed by atoms with Crippen LogP contribution in [0.4, 0.5) is 0 Å². The lowest BCUT2D eigenvalue weighted by atomic mass is 9.71. The lowest BCUT2D eigenvalue weighted by molar-refractivity contribution is -0.0968. The topological polar surface area (TPSA) is 49.8 Å². The van der Waals surface area contributed by atoms with E-state index in [9.17, 15) is 9.90 Å². The predicted molar refractivity (Wildman–Crippen MR) is 84.6 cm³/mol. The summed E-state index contributed by atoms with van der Waals surface area (Å²) in [6.45, 7) is 2.56. The molecular weight excluding hydrogens is 278 g/mol. The van der Waals surface area contributed by atoms with Crippen molar-refractivity contribution in [3.63, 3.8) is 0 Å². The first kappa shape index (κ1) is 15.5. The fourth-order valence-electron chi connectivity index (χ4n) is 3.99. The smallest absolute Gasteiger partial charge is 0.338 e. The van der Waals surface area contributed by atoms with Gasteiger partial charge in [-0.15, -0.1) is 0 Å². The lowest BCUT2D eigenvalue weighted by Gasteiger charge is -2.47. The zero-order valence-corrected chi connectivity index (χ0v) is 13.3. The number of benzene rings is 1. The van der Waals surface area contributed by atoms with Gasteiger partial charge in [-0.05, 0) is 30.9 Å². The Morgan fingerprint density at radius 1 is 1.36 bits per heavy atom. The molecule has 0 bridgehead atoms. The van der Waals surface area contributed by atoms with Crippen LogP contribution in [-0.2, 0) is 11.3 Å². The van der Waals surface area contributed by atoms with Gasteiger partial charge in [-0.2, -0.15) is 0 Å². The van der Waals surface area contributed by atoms with E-state index >= 15 is 0 Å². The van der Waals surface area contributed by atoms with Gasteiger partial charge in [0.15, 0.2) is 0 Å². The Labute approximate surface area is 132 Å². The predicted octanol–water partition coefficient (Wildman–Crippen LogP) is 2.60. The van der Waals surface area contributed by atoms with Crippen LogP contribution in [0.1, 0.15) is 48.0 Å². The molecule has 1 aliphatic carbocycles. The van der Waals surface area contributed by atoms with Crippen molar-refractivity contribution in [2.45, 2.75) is 44.2 Å². The van der Waals surface area contributed by atoms with E-state index in [1.807, 2.05) is 24.3 Å². The number of carbonyl (C=O) groups excluding carboxylic acids is 1. The molecule has 4 nitrogen and oxygen atoms in total. The number of aliphatic hydroxyl groups is 1. The molecule has 0 amide bonds. The van der Waals surface area contributed by atoms with Gasteiger partial charge in [-0.1, -0.05) is 31.0 Å². The third kappa shape index (κ3) is 3.03. The molecule has 1 aromatic rings. The number of fused-ring (bicyclic) bond motifs is 1. The highest BCUT2D eigenvalue weighted by molar-refractivity contribution is 5.90. The van der Waals surface area contributed by atoms with Crippen LogP contribution in [0.15, 0.2) is 24.3 Å². The van der Waals surface area contributed by atoms with Gasteiger partial charge in [0.25, 0.3) is 0 Å². The molecule has 0 aromatic heterocycles. The maximum Gasteiger partial charge on any atom is 0.338 e. The van der Waals surface area contributed by atoms with Gasteiger partial charge < -0.3 is 9.84 Å². The molecule has 1 aliphatic heterocycles. The second-order valence-electron chi connectivity index (χ2n) is 6.68. The number of likely N-dealkylation sites (tertiary alicyclic amines) is 1.